The summed E-state index contributed by atoms with van der Waals surface area (Å²) >= 11 is 0.571. The van der Waals surface area contributed by atoms with Gasteiger partial charge in [0.25, 0.3) is 0 Å². The van der Waals surface area contributed by atoms with E-state index in [1.165, 1.54) is 6.08 Å². The van der Waals surface area contributed by atoms with Gasteiger partial charge in [-0.1, -0.05) is 19.6 Å². The quantitative estimate of drug-likeness (QED) is 0.122. The molecule has 1 unspecified atom stereocenters. The van der Waals surface area contributed by atoms with Gasteiger partial charge >= 0.3 is 35.5 Å². The van der Waals surface area contributed by atoms with E-state index < -0.39 is 11.2 Å². The average Bonchev–Trinajstić information content (AvgIpc) is 2.10. The van der Waals surface area contributed by atoms with Crippen molar-refractivity contribution in [2.45, 2.75) is 18.6 Å². The molecule has 0 aromatic rings. The maximum atomic E-state index is 11.0. The van der Waals surface area contributed by atoms with E-state index in [0.717, 1.165) is 0 Å². The molecule has 70 valence electrons. The van der Waals surface area contributed by atoms with Gasteiger partial charge in [-0.05, 0) is 18.5 Å². The topological polar surface area (TPSA) is 58.6 Å². The Balaban J connectivity index is 0. The molecular weight excluding hydrogens is 203 g/mol. The molecule has 13 heavy (non-hydrogen) atoms. The monoisotopic (exact) mass is 214 g/mol. The molecule has 0 N–H and O–H groups in total. The molecule has 0 spiro atoms. The molecule has 0 saturated heterocycles. The number of ether oxygens (including phenoxy) is 1. The fourth-order valence-corrected chi connectivity index (χ4v) is 0.933. The fourth-order valence-electron chi connectivity index (χ4n) is 0.555. The van der Waals surface area contributed by atoms with Crippen molar-refractivity contribution >= 4 is 18.0 Å². The number of hydrogen-bond acceptors (Lipinski definition) is 5. The Bertz CT molecular complexity index is 153. The maximum absolute atomic E-state index is 11.0. The molecule has 0 bridgehead atoms. The molecule has 0 heterocycles. The van der Waals surface area contributed by atoms with Crippen LogP contribution in [-0.2, 0) is 13.9 Å². The molecule has 0 rings (SSSR count). The minimum absolute atomic E-state index is 0. The van der Waals surface area contributed by atoms with E-state index in [0.29, 0.717) is 18.5 Å². The molecule has 0 amide bonds. The van der Waals surface area contributed by atoms with E-state index in [-0.39, 0.29) is 36.2 Å². The molecule has 0 aliphatic heterocycles. The summed E-state index contributed by atoms with van der Waals surface area (Å²) in [6.45, 7) is 5.32. The largest absolute Gasteiger partial charge is 1.00 e. The van der Waals surface area contributed by atoms with Gasteiger partial charge < -0.3 is 14.3 Å². The predicted molar refractivity (Wildman–Crippen MR) is 43.9 cm³/mol. The summed E-state index contributed by atoms with van der Waals surface area (Å²) in [5.41, 5.74) is 0. The predicted octanol–water partition coefficient (Wildman–Crippen LogP) is -2.56. The Labute approximate surface area is 104 Å². The van der Waals surface area contributed by atoms with E-state index in [1.54, 1.807) is 6.92 Å². The van der Waals surface area contributed by atoms with Crippen molar-refractivity contribution in [1.29, 1.82) is 0 Å². The van der Waals surface area contributed by atoms with Gasteiger partial charge in [-0.15, -0.1) is 0 Å². The Morgan fingerprint density at radius 3 is 2.77 bits per heavy atom. The molecule has 0 radical (unpaired) electrons. The number of hydrogen-bond donors (Lipinski definition) is 0. The van der Waals surface area contributed by atoms with Gasteiger partial charge in [-0.25, -0.2) is 0 Å². The summed E-state index contributed by atoms with van der Waals surface area (Å²) < 4.78 is 8.24. The fraction of sp³-hybridized carbons (Fsp3) is 0.571. The number of carbonyl (C=O) groups is 1. The van der Waals surface area contributed by atoms with Crippen LogP contribution in [0.3, 0.4) is 0 Å². The minimum atomic E-state index is -0.539. The molecule has 0 aliphatic rings. The molecule has 0 fully saturated rings. The van der Waals surface area contributed by atoms with Gasteiger partial charge in [0.1, 0.15) is 11.9 Å². The number of esters is 1. The summed E-state index contributed by atoms with van der Waals surface area (Å²) in [7, 11) is 0. The second-order valence-electron chi connectivity index (χ2n) is 1.98. The van der Waals surface area contributed by atoms with Gasteiger partial charge in [0.2, 0.25) is 0 Å². The van der Waals surface area contributed by atoms with Crippen molar-refractivity contribution in [3.8, 4) is 0 Å². The minimum Gasteiger partial charge on any atom is -0.711 e. The van der Waals surface area contributed by atoms with Crippen LogP contribution in [0.15, 0.2) is 12.7 Å². The van der Waals surface area contributed by atoms with Crippen molar-refractivity contribution < 1.29 is 48.7 Å². The van der Waals surface area contributed by atoms with E-state index in [1.807, 2.05) is 0 Å². The summed E-state index contributed by atoms with van der Waals surface area (Å²) in [4.78, 5) is 11.0. The first-order chi connectivity index (χ1) is 5.76. The van der Waals surface area contributed by atoms with E-state index in [9.17, 15) is 10.1 Å². The van der Waals surface area contributed by atoms with Crippen LogP contribution in [0.2, 0.25) is 0 Å². The van der Waals surface area contributed by atoms with Gasteiger partial charge in [-0.3, -0.25) is 4.79 Å². The third kappa shape index (κ3) is 7.54. The molecule has 6 heteroatoms. The zero-order valence-electron chi connectivity index (χ0n) is 7.82. The maximum Gasteiger partial charge on any atom is 1.00 e. The third-order valence-electron chi connectivity index (χ3n) is 1.13. The first-order valence-corrected chi connectivity index (χ1v) is 4.29. The van der Waals surface area contributed by atoms with E-state index in [2.05, 4.69) is 10.9 Å². The Hall–Kier alpha value is 0.480. The Kier molecular flexibility index (Phi) is 12.9. The van der Waals surface area contributed by atoms with Gasteiger partial charge in [-0.2, -0.15) is 0 Å². The summed E-state index contributed by atoms with van der Waals surface area (Å²) in [5, 5.41) is 9.17. The third-order valence-corrected chi connectivity index (χ3v) is 1.97. The first-order valence-electron chi connectivity index (χ1n) is 3.49. The van der Waals surface area contributed by atoms with Crippen LogP contribution in [0.25, 0.3) is 0 Å². The number of rotatable bonds is 6. The smallest absolute Gasteiger partial charge is 0.711 e. The van der Waals surface area contributed by atoms with Crippen LogP contribution >= 0.6 is 12.0 Å². The van der Waals surface area contributed by atoms with Crippen molar-refractivity contribution in [3.63, 3.8) is 0 Å². The van der Waals surface area contributed by atoms with Crippen LogP contribution in [0, 0.1) is 0 Å². The first kappa shape index (κ1) is 15.9. The normalized spacial score (nSPS) is 11.2. The molecular formula is C7H11NaO4S. The van der Waals surface area contributed by atoms with Gasteiger partial charge in [0, 0.05) is 0 Å². The molecule has 1 atom stereocenters. The van der Waals surface area contributed by atoms with Crippen LogP contribution in [0.5, 0.6) is 0 Å². The zero-order valence-corrected chi connectivity index (χ0v) is 10.6. The number of carbonyl (C=O) groups excluding carboxylic acids is 1. The standard InChI is InChI=1S/C7H12O4S.Na/c1-3-5-10-7(8)6(4-2)12-11-9;/h3,6,9H,1,4-5H2,2H3;/q;+1/p-1. The SMILES string of the molecule is C=CCOC(=O)C(CC)SO[O-].[Na+]. The molecule has 0 aliphatic carbocycles. The van der Waals surface area contributed by atoms with Crippen molar-refractivity contribution in [1.82, 2.24) is 0 Å². The van der Waals surface area contributed by atoms with Crippen LogP contribution in [0.4, 0.5) is 0 Å². The van der Waals surface area contributed by atoms with Crippen molar-refractivity contribution in [2.75, 3.05) is 6.61 Å². The summed E-state index contributed by atoms with van der Waals surface area (Å²) in [6.07, 6.45) is 1.97. The summed E-state index contributed by atoms with van der Waals surface area (Å²) in [6, 6.07) is 0. The zero-order chi connectivity index (χ0) is 9.40. The van der Waals surface area contributed by atoms with Crippen molar-refractivity contribution in [2.24, 2.45) is 0 Å². The Morgan fingerprint density at radius 1 is 1.77 bits per heavy atom. The van der Waals surface area contributed by atoms with Crippen molar-refractivity contribution in [3.05, 3.63) is 12.7 Å². The second kappa shape index (κ2) is 10.6. The van der Waals surface area contributed by atoms with Crippen LogP contribution < -0.4 is 34.8 Å². The van der Waals surface area contributed by atoms with E-state index >= 15 is 0 Å². The molecule has 0 aromatic carbocycles. The average molecular weight is 214 g/mol. The molecule has 0 aromatic heterocycles. The van der Waals surface area contributed by atoms with Gasteiger partial charge in [0.05, 0.1) is 0 Å². The van der Waals surface area contributed by atoms with Crippen LogP contribution in [-0.4, -0.2) is 17.8 Å². The van der Waals surface area contributed by atoms with E-state index in [4.69, 9.17) is 4.74 Å². The Morgan fingerprint density at radius 2 is 2.38 bits per heavy atom. The van der Waals surface area contributed by atoms with Crippen LogP contribution in [0.1, 0.15) is 13.3 Å². The van der Waals surface area contributed by atoms with Gasteiger partial charge in [0.15, 0.2) is 0 Å². The molecule has 0 saturated carbocycles. The molecule has 4 nitrogen and oxygen atoms in total. The second-order valence-corrected chi connectivity index (χ2v) is 2.88. The summed E-state index contributed by atoms with van der Waals surface area (Å²) in [5.74, 6) is -0.446.